The maximum Gasteiger partial charge on any atom is 0.337 e. The highest BCUT2D eigenvalue weighted by atomic mass is 16.5. The molecule has 0 fully saturated rings. The summed E-state index contributed by atoms with van der Waals surface area (Å²) in [6.07, 6.45) is 1.56. The van der Waals surface area contributed by atoms with Crippen molar-refractivity contribution in [3.8, 4) is 16.9 Å². The van der Waals surface area contributed by atoms with Gasteiger partial charge in [-0.3, -0.25) is 4.79 Å². The molecule has 6 heteroatoms. The van der Waals surface area contributed by atoms with E-state index in [1.165, 1.54) is 7.11 Å². The van der Waals surface area contributed by atoms with Gasteiger partial charge in [-0.05, 0) is 36.4 Å². The van der Waals surface area contributed by atoms with Gasteiger partial charge in [0.1, 0.15) is 0 Å². The predicted octanol–water partition coefficient (Wildman–Crippen LogP) is 4.58. The molecule has 0 unspecified atom stereocenters. The molecule has 0 bridgehead atoms. The smallest absolute Gasteiger partial charge is 0.337 e. The molecule has 1 aromatic heterocycles. The molecule has 0 spiro atoms. The highest BCUT2D eigenvalue weighted by molar-refractivity contribution is 6.08. The zero-order valence-corrected chi connectivity index (χ0v) is 16.3. The van der Waals surface area contributed by atoms with Gasteiger partial charge in [0, 0.05) is 11.3 Å². The van der Waals surface area contributed by atoms with Crippen LogP contribution in [-0.2, 0) is 4.74 Å². The van der Waals surface area contributed by atoms with Crippen LogP contribution in [0.15, 0.2) is 91.1 Å². The number of methoxy groups -OCH3 is 1. The molecular weight excluding hydrogens is 378 g/mol. The van der Waals surface area contributed by atoms with E-state index in [0.29, 0.717) is 22.5 Å². The number of nitrogens with zero attached hydrogens (tertiary/aromatic N) is 2. The van der Waals surface area contributed by atoms with Crippen LogP contribution < -0.4 is 5.32 Å². The Morgan fingerprint density at radius 1 is 0.867 bits per heavy atom. The second kappa shape index (κ2) is 8.45. The molecule has 0 saturated carbocycles. The van der Waals surface area contributed by atoms with Gasteiger partial charge in [-0.25, -0.2) is 9.48 Å². The molecule has 3 aromatic carbocycles. The minimum atomic E-state index is -0.427. The number of rotatable bonds is 5. The number of esters is 1. The number of aromatic nitrogens is 2. The van der Waals surface area contributed by atoms with E-state index in [2.05, 4.69) is 10.4 Å². The van der Waals surface area contributed by atoms with Crippen molar-refractivity contribution < 1.29 is 14.3 Å². The molecule has 6 nitrogen and oxygen atoms in total. The Labute approximate surface area is 173 Å². The fourth-order valence-corrected chi connectivity index (χ4v) is 3.16. The average molecular weight is 397 g/mol. The minimum Gasteiger partial charge on any atom is -0.465 e. The van der Waals surface area contributed by atoms with Gasteiger partial charge in [0.25, 0.3) is 5.91 Å². The third-order valence-corrected chi connectivity index (χ3v) is 4.63. The summed E-state index contributed by atoms with van der Waals surface area (Å²) < 4.78 is 6.45. The van der Waals surface area contributed by atoms with Crippen LogP contribution in [0.4, 0.5) is 5.69 Å². The maximum atomic E-state index is 13.1. The van der Waals surface area contributed by atoms with Crippen molar-refractivity contribution in [2.24, 2.45) is 0 Å². The Morgan fingerprint density at radius 2 is 1.50 bits per heavy atom. The topological polar surface area (TPSA) is 73.2 Å². The highest BCUT2D eigenvalue weighted by Crippen LogP contribution is 2.27. The molecule has 1 heterocycles. The van der Waals surface area contributed by atoms with Gasteiger partial charge in [0.05, 0.1) is 35.8 Å². The summed E-state index contributed by atoms with van der Waals surface area (Å²) in [6.45, 7) is 0. The van der Waals surface area contributed by atoms with Crippen molar-refractivity contribution >= 4 is 17.6 Å². The van der Waals surface area contributed by atoms with E-state index in [4.69, 9.17) is 4.74 Å². The molecule has 1 amide bonds. The molecule has 4 aromatic rings. The molecule has 30 heavy (non-hydrogen) atoms. The van der Waals surface area contributed by atoms with Crippen LogP contribution in [0.3, 0.4) is 0 Å². The molecule has 148 valence electrons. The lowest BCUT2D eigenvalue weighted by Crippen LogP contribution is -2.13. The third-order valence-electron chi connectivity index (χ3n) is 4.63. The van der Waals surface area contributed by atoms with E-state index in [9.17, 15) is 9.59 Å². The summed E-state index contributed by atoms with van der Waals surface area (Å²) in [5.41, 5.74) is 3.87. The Bertz CT molecular complexity index is 1170. The lowest BCUT2D eigenvalue weighted by molar-refractivity contribution is 0.0600. The number of carbonyl (C=O) groups excluding carboxylic acids is 2. The maximum absolute atomic E-state index is 13.1. The molecule has 0 saturated heterocycles. The third kappa shape index (κ3) is 3.84. The number of anilines is 1. The number of hydrogen-bond donors (Lipinski definition) is 1. The van der Waals surface area contributed by atoms with E-state index >= 15 is 0 Å². The number of carbonyl (C=O) groups is 2. The van der Waals surface area contributed by atoms with Crippen molar-refractivity contribution in [1.82, 2.24) is 9.78 Å². The number of ether oxygens (including phenoxy) is 1. The molecule has 0 aliphatic heterocycles. The van der Waals surface area contributed by atoms with Gasteiger partial charge in [0.15, 0.2) is 0 Å². The standard InChI is InChI=1S/C24H19N3O3/c1-30-24(29)18-12-14-19(15-13-18)26-23(28)21-16-25-27(20-10-6-3-7-11-20)22(21)17-8-4-2-5-9-17/h2-16H,1H3,(H,26,28). The van der Waals surface area contributed by atoms with Gasteiger partial charge in [-0.1, -0.05) is 48.5 Å². The largest absolute Gasteiger partial charge is 0.465 e. The van der Waals surface area contributed by atoms with Crippen LogP contribution in [0.2, 0.25) is 0 Å². The van der Waals surface area contributed by atoms with Crippen LogP contribution in [-0.4, -0.2) is 28.8 Å². The van der Waals surface area contributed by atoms with Crippen LogP contribution in [0, 0.1) is 0 Å². The molecule has 0 radical (unpaired) electrons. The number of nitrogens with one attached hydrogen (secondary N) is 1. The Morgan fingerprint density at radius 3 is 2.13 bits per heavy atom. The van der Waals surface area contributed by atoms with Crippen LogP contribution in [0.25, 0.3) is 16.9 Å². The quantitative estimate of drug-likeness (QED) is 0.501. The first-order chi connectivity index (χ1) is 14.7. The van der Waals surface area contributed by atoms with Crippen LogP contribution in [0.5, 0.6) is 0 Å². The zero-order chi connectivity index (χ0) is 20.9. The highest BCUT2D eigenvalue weighted by Gasteiger charge is 2.20. The second-order valence-corrected chi connectivity index (χ2v) is 6.54. The molecule has 0 atom stereocenters. The van der Waals surface area contributed by atoms with E-state index in [1.807, 2.05) is 60.7 Å². The van der Waals surface area contributed by atoms with E-state index in [1.54, 1.807) is 35.1 Å². The van der Waals surface area contributed by atoms with Gasteiger partial charge in [-0.15, -0.1) is 0 Å². The minimum absolute atomic E-state index is 0.290. The van der Waals surface area contributed by atoms with Crippen molar-refractivity contribution in [1.29, 1.82) is 0 Å². The van der Waals surface area contributed by atoms with Gasteiger partial charge < -0.3 is 10.1 Å². The summed E-state index contributed by atoms with van der Waals surface area (Å²) in [5, 5.41) is 7.34. The van der Waals surface area contributed by atoms with Gasteiger partial charge >= 0.3 is 5.97 Å². The Kier molecular flexibility index (Phi) is 5.39. The summed E-state index contributed by atoms with van der Waals surface area (Å²) in [6, 6.07) is 25.8. The number of para-hydroxylation sites is 1. The first-order valence-electron chi connectivity index (χ1n) is 9.36. The molecular formula is C24H19N3O3. The van der Waals surface area contributed by atoms with Crippen LogP contribution >= 0.6 is 0 Å². The summed E-state index contributed by atoms with van der Waals surface area (Å²) in [7, 11) is 1.33. The monoisotopic (exact) mass is 397 g/mol. The second-order valence-electron chi connectivity index (χ2n) is 6.54. The zero-order valence-electron chi connectivity index (χ0n) is 16.3. The lowest BCUT2D eigenvalue weighted by Gasteiger charge is -2.11. The first-order valence-corrected chi connectivity index (χ1v) is 9.36. The van der Waals surface area contributed by atoms with Crippen molar-refractivity contribution in [3.05, 3.63) is 102 Å². The Balaban J connectivity index is 1.69. The van der Waals surface area contributed by atoms with Gasteiger partial charge in [-0.2, -0.15) is 5.10 Å². The fourth-order valence-electron chi connectivity index (χ4n) is 3.16. The van der Waals surface area contributed by atoms with Crippen LogP contribution in [0.1, 0.15) is 20.7 Å². The normalized spacial score (nSPS) is 10.4. The summed E-state index contributed by atoms with van der Waals surface area (Å²) >= 11 is 0. The average Bonchev–Trinajstić information content (AvgIpc) is 3.25. The number of amides is 1. The van der Waals surface area contributed by atoms with E-state index < -0.39 is 5.97 Å². The fraction of sp³-hybridized carbons (Fsp3) is 0.0417. The van der Waals surface area contributed by atoms with Crippen molar-refractivity contribution in [2.75, 3.05) is 12.4 Å². The number of benzene rings is 3. The summed E-state index contributed by atoms with van der Waals surface area (Å²) in [5.74, 6) is -0.717. The first kappa shape index (κ1) is 19.1. The van der Waals surface area contributed by atoms with Crippen molar-refractivity contribution in [3.63, 3.8) is 0 Å². The lowest BCUT2D eigenvalue weighted by atomic mass is 10.1. The molecule has 0 aliphatic carbocycles. The SMILES string of the molecule is COC(=O)c1ccc(NC(=O)c2cnn(-c3ccccc3)c2-c2ccccc2)cc1. The molecule has 4 rings (SSSR count). The molecule has 0 aliphatic rings. The Hall–Kier alpha value is -4.19. The van der Waals surface area contributed by atoms with E-state index in [0.717, 1.165) is 11.3 Å². The molecule has 1 N–H and O–H groups in total. The van der Waals surface area contributed by atoms with Gasteiger partial charge in [0.2, 0.25) is 0 Å². The van der Waals surface area contributed by atoms with Crippen molar-refractivity contribution in [2.45, 2.75) is 0 Å². The van der Waals surface area contributed by atoms with E-state index in [-0.39, 0.29) is 5.91 Å². The summed E-state index contributed by atoms with van der Waals surface area (Å²) in [4.78, 5) is 24.7. The predicted molar refractivity (Wildman–Crippen MR) is 115 cm³/mol. The number of hydrogen-bond acceptors (Lipinski definition) is 4.